The van der Waals surface area contributed by atoms with Crippen molar-refractivity contribution in [3.8, 4) is 0 Å². The maximum atomic E-state index is 9.41. The fourth-order valence-corrected chi connectivity index (χ4v) is 1.40. The molecule has 0 aromatic heterocycles. The van der Waals surface area contributed by atoms with Crippen molar-refractivity contribution in [2.75, 3.05) is 13.7 Å². The average Bonchev–Trinajstić information content (AvgIpc) is 2.26. The molecule has 1 rings (SSSR count). The Morgan fingerprint density at radius 1 is 1.55 bits per heavy atom. The molecule has 1 fully saturated rings. The van der Waals surface area contributed by atoms with Gasteiger partial charge >= 0.3 is 0 Å². The molecule has 0 spiro atoms. The molecule has 0 bridgehead atoms. The van der Waals surface area contributed by atoms with Gasteiger partial charge in [0.05, 0.1) is 12.7 Å². The fraction of sp³-hybridized carbons (Fsp3) is 1.00. The van der Waals surface area contributed by atoms with Gasteiger partial charge in [0, 0.05) is 7.11 Å². The maximum Gasteiger partial charge on any atom is 0.111 e. The van der Waals surface area contributed by atoms with E-state index in [1.807, 2.05) is 6.92 Å². The van der Waals surface area contributed by atoms with E-state index in [2.05, 4.69) is 0 Å². The molecule has 11 heavy (non-hydrogen) atoms. The second-order valence-electron chi connectivity index (χ2n) is 2.75. The summed E-state index contributed by atoms with van der Waals surface area (Å²) in [6.45, 7) is 1.65. The van der Waals surface area contributed by atoms with Crippen molar-refractivity contribution in [1.29, 1.82) is 0 Å². The number of hydrogen-bond acceptors (Lipinski definition) is 4. The lowest BCUT2D eigenvalue weighted by Gasteiger charge is -2.14. The van der Waals surface area contributed by atoms with Gasteiger partial charge in [0.1, 0.15) is 18.3 Å². The highest BCUT2D eigenvalue weighted by atomic mass is 16.6. The predicted octanol–water partition coefficient (Wildman–Crippen LogP) is -0.858. The molecule has 4 nitrogen and oxygen atoms in total. The van der Waals surface area contributed by atoms with E-state index in [0.29, 0.717) is 0 Å². The molecule has 4 atom stereocenters. The van der Waals surface area contributed by atoms with Gasteiger partial charge in [-0.1, -0.05) is 0 Å². The number of aliphatic hydroxyl groups is 2. The van der Waals surface area contributed by atoms with E-state index in [1.54, 1.807) is 0 Å². The third-order valence-electron chi connectivity index (χ3n) is 2.02. The van der Waals surface area contributed by atoms with Crippen LogP contribution in [-0.4, -0.2) is 48.3 Å². The van der Waals surface area contributed by atoms with Crippen LogP contribution in [0.1, 0.15) is 6.92 Å². The number of hydrogen-bond donors (Lipinski definition) is 2. The summed E-state index contributed by atoms with van der Waals surface area (Å²) in [5.74, 6) is 0. The smallest absolute Gasteiger partial charge is 0.111 e. The topological polar surface area (TPSA) is 58.9 Å². The maximum absolute atomic E-state index is 9.41. The van der Waals surface area contributed by atoms with Crippen LogP contribution in [0.3, 0.4) is 0 Å². The number of rotatable bonds is 2. The molecule has 66 valence electrons. The molecule has 3 unspecified atom stereocenters. The zero-order valence-corrected chi connectivity index (χ0v) is 6.73. The first-order valence-corrected chi connectivity index (χ1v) is 3.68. The Balaban J connectivity index is 2.55. The summed E-state index contributed by atoms with van der Waals surface area (Å²) in [6, 6.07) is 0. The molecule has 0 saturated carbocycles. The summed E-state index contributed by atoms with van der Waals surface area (Å²) in [5.41, 5.74) is 0. The number of aliphatic hydroxyl groups excluding tert-OH is 2. The van der Waals surface area contributed by atoms with E-state index in [4.69, 9.17) is 14.6 Å². The first-order chi connectivity index (χ1) is 5.20. The molecular weight excluding hydrogens is 148 g/mol. The van der Waals surface area contributed by atoms with Gasteiger partial charge in [0.2, 0.25) is 0 Å². The standard InChI is InChI=1S/C7H14O4/c1-4-7(10-2)6(9)5(3-8)11-4/h4-9H,3H2,1-2H3/t4?,5-,6?,7?/m1/s1. The monoisotopic (exact) mass is 162 g/mol. The Kier molecular flexibility index (Phi) is 2.84. The van der Waals surface area contributed by atoms with Crippen molar-refractivity contribution in [3.63, 3.8) is 0 Å². The number of ether oxygens (including phenoxy) is 2. The summed E-state index contributed by atoms with van der Waals surface area (Å²) >= 11 is 0. The van der Waals surface area contributed by atoms with Crippen LogP contribution in [0.4, 0.5) is 0 Å². The highest BCUT2D eigenvalue weighted by Crippen LogP contribution is 2.22. The zero-order chi connectivity index (χ0) is 8.43. The van der Waals surface area contributed by atoms with Gasteiger partial charge in [-0.2, -0.15) is 0 Å². The van der Waals surface area contributed by atoms with Crippen LogP contribution < -0.4 is 0 Å². The van der Waals surface area contributed by atoms with Gasteiger partial charge < -0.3 is 19.7 Å². The second kappa shape index (κ2) is 3.49. The van der Waals surface area contributed by atoms with E-state index in [-0.39, 0.29) is 18.8 Å². The van der Waals surface area contributed by atoms with Gasteiger partial charge in [-0.25, -0.2) is 0 Å². The molecular formula is C7H14O4. The summed E-state index contributed by atoms with van der Waals surface area (Å²) in [7, 11) is 1.52. The Morgan fingerprint density at radius 2 is 2.18 bits per heavy atom. The van der Waals surface area contributed by atoms with E-state index >= 15 is 0 Å². The van der Waals surface area contributed by atoms with Gasteiger partial charge in [-0.05, 0) is 6.92 Å². The van der Waals surface area contributed by atoms with E-state index in [1.165, 1.54) is 7.11 Å². The molecule has 0 aromatic carbocycles. The SMILES string of the molecule is COC1C(C)O[C@H](CO)C1O. The minimum atomic E-state index is -0.708. The highest BCUT2D eigenvalue weighted by molar-refractivity contribution is 4.88. The van der Waals surface area contributed by atoms with Crippen LogP contribution in [0, 0.1) is 0 Å². The summed E-state index contributed by atoms with van der Waals surface area (Å²) in [4.78, 5) is 0. The van der Waals surface area contributed by atoms with Crippen molar-refractivity contribution in [2.24, 2.45) is 0 Å². The first-order valence-electron chi connectivity index (χ1n) is 3.68. The quantitative estimate of drug-likeness (QED) is 0.555. The van der Waals surface area contributed by atoms with Crippen LogP contribution in [0.5, 0.6) is 0 Å². The molecule has 1 saturated heterocycles. The molecule has 0 radical (unpaired) electrons. The molecule has 1 aliphatic heterocycles. The summed E-state index contributed by atoms with van der Waals surface area (Å²) in [5, 5.41) is 18.1. The van der Waals surface area contributed by atoms with Crippen LogP contribution >= 0.6 is 0 Å². The third-order valence-corrected chi connectivity index (χ3v) is 2.02. The lowest BCUT2D eigenvalue weighted by Crippen LogP contribution is -2.34. The van der Waals surface area contributed by atoms with Crippen molar-refractivity contribution < 1.29 is 19.7 Å². The molecule has 1 aliphatic rings. The predicted molar refractivity (Wildman–Crippen MR) is 38.2 cm³/mol. The van der Waals surface area contributed by atoms with Crippen molar-refractivity contribution >= 4 is 0 Å². The second-order valence-corrected chi connectivity index (χ2v) is 2.75. The molecule has 2 N–H and O–H groups in total. The molecule has 0 aliphatic carbocycles. The van der Waals surface area contributed by atoms with E-state index in [0.717, 1.165) is 0 Å². The van der Waals surface area contributed by atoms with Crippen LogP contribution in [0.2, 0.25) is 0 Å². The van der Waals surface area contributed by atoms with Gasteiger partial charge in [0.25, 0.3) is 0 Å². The lowest BCUT2D eigenvalue weighted by atomic mass is 10.1. The molecule has 0 aromatic rings. The van der Waals surface area contributed by atoms with Crippen LogP contribution in [-0.2, 0) is 9.47 Å². The van der Waals surface area contributed by atoms with Crippen molar-refractivity contribution in [2.45, 2.75) is 31.3 Å². The minimum absolute atomic E-state index is 0.146. The number of methoxy groups -OCH3 is 1. The zero-order valence-electron chi connectivity index (χ0n) is 6.73. The van der Waals surface area contributed by atoms with E-state index < -0.39 is 12.2 Å². The van der Waals surface area contributed by atoms with Crippen LogP contribution in [0.15, 0.2) is 0 Å². The fourth-order valence-electron chi connectivity index (χ4n) is 1.40. The highest BCUT2D eigenvalue weighted by Gasteiger charge is 2.40. The van der Waals surface area contributed by atoms with Gasteiger partial charge in [-0.15, -0.1) is 0 Å². The van der Waals surface area contributed by atoms with E-state index in [9.17, 15) is 5.11 Å². The van der Waals surface area contributed by atoms with Crippen LogP contribution in [0.25, 0.3) is 0 Å². The molecule has 4 heteroatoms. The molecule has 0 amide bonds. The van der Waals surface area contributed by atoms with Gasteiger partial charge in [0.15, 0.2) is 0 Å². The first kappa shape index (κ1) is 8.93. The summed E-state index contributed by atoms with van der Waals surface area (Å²) in [6.07, 6.45) is -1.66. The van der Waals surface area contributed by atoms with Crippen molar-refractivity contribution in [3.05, 3.63) is 0 Å². The summed E-state index contributed by atoms with van der Waals surface area (Å²) < 4.78 is 10.2. The Bertz CT molecular complexity index is 128. The van der Waals surface area contributed by atoms with Crippen molar-refractivity contribution in [1.82, 2.24) is 0 Å². The third kappa shape index (κ3) is 1.54. The Hall–Kier alpha value is -0.160. The van der Waals surface area contributed by atoms with Gasteiger partial charge in [-0.3, -0.25) is 0 Å². The molecule has 1 heterocycles. The lowest BCUT2D eigenvalue weighted by molar-refractivity contribution is -0.0175. The Morgan fingerprint density at radius 3 is 2.45 bits per heavy atom. The largest absolute Gasteiger partial charge is 0.394 e. The minimum Gasteiger partial charge on any atom is -0.394 e. The Labute approximate surface area is 65.7 Å². The normalized spacial score (nSPS) is 44.7. The average molecular weight is 162 g/mol.